The largest absolute Gasteiger partial charge is 0.331 e. The molecule has 1 aromatic heterocycles. The summed E-state index contributed by atoms with van der Waals surface area (Å²) in [6.45, 7) is 5.87. The van der Waals surface area contributed by atoms with Gasteiger partial charge in [-0.25, -0.2) is 0 Å². The van der Waals surface area contributed by atoms with Crippen LogP contribution in [0.3, 0.4) is 0 Å². The van der Waals surface area contributed by atoms with E-state index in [2.05, 4.69) is 24.1 Å². The van der Waals surface area contributed by atoms with E-state index in [1.807, 2.05) is 35.2 Å². The van der Waals surface area contributed by atoms with Crippen LogP contribution < -0.4 is 5.32 Å². The Morgan fingerprint density at radius 3 is 2.65 bits per heavy atom. The number of benzene rings is 1. The minimum atomic E-state index is 0.102. The summed E-state index contributed by atoms with van der Waals surface area (Å²) in [6.07, 6.45) is 1.72. The maximum Gasteiger partial charge on any atom is 0.255 e. The van der Waals surface area contributed by atoms with E-state index < -0.39 is 0 Å². The minimum absolute atomic E-state index is 0.102. The highest BCUT2D eigenvalue weighted by Gasteiger charge is 2.30. The molecule has 2 aromatic rings. The van der Waals surface area contributed by atoms with Crippen molar-refractivity contribution >= 4 is 16.8 Å². The summed E-state index contributed by atoms with van der Waals surface area (Å²) in [5, 5.41) is 4.28. The van der Waals surface area contributed by atoms with Crippen molar-refractivity contribution in [1.29, 1.82) is 0 Å². The first kappa shape index (κ1) is 13.1. The van der Waals surface area contributed by atoms with E-state index in [1.54, 1.807) is 6.20 Å². The molecule has 1 fully saturated rings. The number of amides is 1. The number of nitrogens with one attached hydrogen (secondary N) is 1. The molecule has 1 amide bonds. The van der Waals surface area contributed by atoms with Crippen LogP contribution in [0, 0.1) is 0 Å². The number of piperazine rings is 1. The zero-order valence-electron chi connectivity index (χ0n) is 11.8. The number of aromatic nitrogens is 1. The first-order valence-electron chi connectivity index (χ1n) is 7.05. The Morgan fingerprint density at radius 2 is 1.90 bits per heavy atom. The van der Waals surface area contributed by atoms with E-state index in [9.17, 15) is 4.79 Å². The maximum atomic E-state index is 12.9. The van der Waals surface area contributed by atoms with Gasteiger partial charge in [-0.2, -0.15) is 0 Å². The molecule has 1 saturated heterocycles. The van der Waals surface area contributed by atoms with Crippen molar-refractivity contribution in [3.05, 3.63) is 42.1 Å². The van der Waals surface area contributed by atoms with Gasteiger partial charge in [0.25, 0.3) is 5.91 Å². The predicted molar refractivity (Wildman–Crippen MR) is 79.7 cm³/mol. The third-order valence-electron chi connectivity index (χ3n) is 3.94. The van der Waals surface area contributed by atoms with Crippen LogP contribution in [0.1, 0.15) is 24.2 Å². The lowest BCUT2D eigenvalue weighted by molar-refractivity contribution is 0.0546. The van der Waals surface area contributed by atoms with Gasteiger partial charge in [-0.3, -0.25) is 9.78 Å². The molecule has 2 atom stereocenters. The minimum Gasteiger partial charge on any atom is -0.331 e. The van der Waals surface area contributed by atoms with Crippen LogP contribution >= 0.6 is 0 Å². The van der Waals surface area contributed by atoms with Crippen molar-refractivity contribution in [1.82, 2.24) is 15.2 Å². The summed E-state index contributed by atoms with van der Waals surface area (Å²) in [5.74, 6) is 0.102. The third kappa shape index (κ3) is 2.16. The van der Waals surface area contributed by atoms with Crippen molar-refractivity contribution in [3.63, 3.8) is 0 Å². The highest BCUT2D eigenvalue weighted by atomic mass is 16.2. The third-order valence-corrected chi connectivity index (χ3v) is 3.94. The number of para-hydroxylation sites is 1. The summed E-state index contributed by atoms with van der Waals surface area (Å²) in [4.78, 5) is 19.2. The van der Waals surface area contributed by atoms with Gasteiger partial charge in [-0.15, -0.1) is 0 Å². The van der Waals surface area contributed by atoms with Gasteiger partial charge in [0, 0.05) is 36.8 Å². The van der Waals surface area contributed by atoms with Crippen LogP contribution in [-0.2, 0) is 0 Å². The molecule has 4 heteroatoms. The normalized spacial score (nSPS) is 23.0. The predicted octanol–water partition coefficient (Wildman–Crippen LogP) is 2.06. The van der Waals surface area contributed by atoms with E-state index in [4.69, 9.17) is 0 Å². The van der Waals surface area contributed by atoms with Gasteiger partial charge in [0.2, 0.25) is 0 Å². The van der Waals surface area contributed by atoms with Crippen LogP contribution in [0.15, 0.2) is 36.5 Å². The SMILES string of the molecule is CC1CNCC(C)N1C(=O)c1ccnc2ccccc12. The highest BCUT2D eigenvalue weighted by Crippen LogP contribution is 2.21. The van der Waals surface area contributed by atoms with Gasteiger partial charge in [-0.05, 0) is 26.0 Å². The van der Waals surface area contributed by atoms with E-state index in [1.165, 1.54) is 0 Å². The number of hydrogen-bond donors (Lipinski definition) is 1. The molecule has 2 unspecified atom stereocenters. The first-order chi connectivity index (χ1) is 9.68. The second-order valence-electron chi connectivity index (χ2n) is 5.44. The summed E-state index contributed by atoms with van der Waals surface area (Å²) in [5.41, 5.74) is 1.62. The molecule has 0 spiro atoms. The molecule has 1 aromatic carbocycles. The molecule has 1 aliphatic heterocycles. The van der Waals surface area contributed by atoms with E-state index in [-0.39, 0.29) is 18.0 Å². The molecule has 20 heavy (non-hydrogen) atoms. The van der Waals surface area contributed by atoms with Gasteiger partial charge < -0.3 is 10.2 Å². The average Bonchev–Trinajstić information content (AvgIpc) is 2.46. The molecule has 0 saturated carbocycles. The summed E-state index contributed by atoms with van der Waals surface area (Å²) in [6, 6.07) is 10.0. The lowest BCUT2D eigenvalue weighted by Crippen LogP contribution is -2.57. The first-order valence-corrected chi connectivity index (χ1v) is 7.05. The molecule has 4 nitrogen and oxygen atoms in total. The Balaban J connectivity index is 2.04. The summed E-state index contributed by atoms with van der Waals surface area (Å²) < 4.78 is 0. The van der Waals surface area contributed by atoms with Gasteiger partial charge >= 0.3 is 0 Å². The number of rotatable bonds is 1. The number of hydrogen-bond acceptors (Lipinski definition) is 3. The average molecular weight is 269 g/mol. The van der Waals surface area contributed by atoms with Crippen molar-refractivity contribution in [2.75, 3.05) is 13.1 Å². The van der Waals surface area contributed by atoms with E-state index in [0.29, 0.717) is 0 Å². The number of pyridine rings is 1. The Hall–Kier alpha value is -1.94. The number of carbonyl (C=O) groups excluding carboxylic acids is 1. The molecule has 1 N–H and O–H groups in total. The molecule has 0 radical (unpaired) electrons. The van der Waals surface area contributed by atoms with Crippen molar-refractivity contribution in [3.8, 4) is 0 Å². The van der Waals surface area contributed by atoms with Gasteiger partial charge in [0.15, 0.2) is 0 Å². The smallest absolute Gasteiger partial charge is 0.255 e. The zero-order chi connectivity index (χ0) is 14.1. The summed E-state index contributed by atoms with van der Waals surface area (Å²) >= 11 is 0. The standard InChI is InChI=1S/C16H19N3O/c1-11-9-17-10-12(2)19(11)16(20)14-7-8-18-15-6-4-3-5-13(14)15/h3-8,11-12,17H,9-10H2,1-2H3. The van der Waals surface area contributed by atoms with Crippen molar-refractivity contribution in [2.45, 2.75) is 25.9 Å². The van der Waals surface area contributed by atoms with Crippen molar-refractivity contribution < 1.29 is 4.79 Å². The Morgan fingerprint density at radius 1 is 1.20 bits per heavy atom. The molecule has 104 valence electrons. The lowest BCUT2D eigenvalue weighted by atomic mass is 10.0. The number of fused-ring (bicyclic) bond motifs is 1. The van der Waals surface area contributed by atoms with Crippen LogP contribution in [0.25, 0.3) is 10.9 Å². The number of carbonyl (C=O) groups is 1. The molecule has 0 bridgehead atoms. The fourth-order valence-corrected chi connectivity index (χ4v) is 2.95. The van der Waals surface area contributed by atoms with Crippen molar-refractivity contribution in [2.24, 2.45) is 0 Å². The maximum absolute atomic E-state index is 12.9. The molecular weight excluding hydrogens is 250 g/mol. The fraction of sp³-hybridized carbons (Fsp3) is 0.375. The molecule has 2 heterocycles. The monoisotopic (exact) mass is 269 g/mol. The highest BCUT2D eigenvalue weighted by molar-refractivity contribution is 6.06. The zero-order valence-corrected chi connectivity index (χ0v) is 11.8. The van der Waals surface area contributed by atoms with Crippen LogP contribution in [0.5, 0.6) is 0 Å². The second kappa shape index (κ2) is 5.21. The Labute approximate surface area is 118 Å². The molecular formula is C16H19N3O. The van der Waals surface area contributed by atoms with E-state index >= 15 is 0 Å². The fourth-order valence-electron chi connectivity index (χ4n) is 2.95. The quantitative estimate of drug-likeness (QED) is 0.862. The Kier molecular flexibility index (Phi) is 3.40. The number of nitrogens with zero attached hydrogens (tertiary/aromatic N) is 2. The van der Waals surface area contributed by atoms with Crippen LogP contribution in [0.4, 0.5) is 0 Å². The van der Waals surface area contributed by atoms with Crippen LogP contribution in [-0.4, -0.2) is 41.0 Å². The molecule has 0 aliphatic carbocycles. The van der Waals surface area contributed by atoms with Gasteiger partial charge in [-0.1, -0.05) is 18.2 Å². The van der Waals surface area contributed by atoms with E-state index in [0.717, 1.165) is 29.6 Å². The molecule has 1 aliphatic rings. The van der Waals surface area contributed by atoms with Gasteiger partial charge in [0.05, 0.1) is 11.1 Å². The Bertz CT molecular complexity index is 625. The second-order valence-corrected chi connectivity index (χ2v) is 5.44. The van der Waals surface area contributed by atoms with Gasteiger partial charge in [0.1, 0.15) is 0 Å². The topological polar surface area (TPSA) is 45.2 Å². The van der Waals surface area contributed by atoms with Crippen LogP contribution in [0.2, 0.25) is 0 Å². The molecule has 3 rings (SSSR count). The summed E-state index contributed by atoms with van der Waals surface area (Å²) in [7, 11) is 0. The lowest BCUT2D eigenvalue weighted by Gasteiger charge is -2.39.